The Morgan fingerprint density at radius 2 is 1.42 bits per heavy atom. The van der Waals surface area contributed by atoms with Gasteiger partial charge in [-0.2, -0.15) is 0 Å². The predicted molar refractivity (Wildman–Crippen MR) is 129 cm³/mol. The average molecular weight is 558 g/mol. The van der Waals surface area contributed by atoms with Crippen molar-refractivity contribution < 1.29 is 40.4 Å². The first-order valence-electron chi connectivity index (χ1n) is 11.5. The van der Waals surface area contributed by atoms with E-state index in [-0.39, 0.29) is 40.9 Å². The lowest BCUT2D eigenvalue weighted by atomic mass is 9.86. The maximum atomic E-state index is 13.4. The van der Waals surface area contributed by atoms with Crippen molar-refractivity contribution in [2.75, 3.05) is 13.2 Å². The first-order valence-corrected chi connectivity index (χ1v) is 11.5. The number of aliphatic hydroxyl groups is 1. The summed E-state index contributed by atoms with van der Waals surface area (Å²) in [6.45, 7) is 3.64. The van der Waals surface area contributed by atoms with Crippen LogP contribution in [-0.2, 0) is 21.7 Å². The Labute approximate surface area is 220 Å². The summed E-state index contributed by atoms with van der Waals surface area (Å²) < 4.78 is 32.3. The molecule has 3 aromatic rings. The lowest BCUT2D eigenvalue weighted by molar-refractivity contribution is -0.162. The Morgan fingerprint density at radius 3 is 1.97 bits per heavy atom. The molecule has 36 heavy (non-hydrogen) atoms. The van der Waals surface area contributed by atoms with Gasteiger partial charge in [0.25, 0.3) is 0 Å². The van der Waals surface area contributed by atoms with Gasteiger partial charge in [-0.3, -0.25) is 0 Å². The van der Waals surface area contributed by atoms with E-state index in [9.17, 15) is 18.7 Å². The fourth-order valence-electron chi connectivity index (χ4n) is 4.15. The van der Waals surface area contributed by atoms with Crippen molar-refractivity contribution in [1.29, 1.82) is 0 Å². The molecule has 5 nitrogen and oxygen atoms in total. The molecule has 190 valence electrons. The smallest absolute Gasteiger partial charge is 0.347 e. The quantitative estimate of drug-likeness (QED) is 0.321. The molecular formula is C28H28BrF2N2O3-. The van der Waals surface area contributed by atoms with Crippen molar-refractivity contribution in [3.05, 3.63) is 120 Å². The highest BCUT2D eigenvalue weighted by molar-refractivity contribution is 5.85. The molecule has 0 bridgehead atoms. The molecule has 4 rings (SSSR count). The van der Waals surface area contributed by atoms with Crippen LogP contribution in [0.25, 0.3) is 0 Å². The first kappa shape index (κ1) is 27.4. The number of hydrogen-bond donors (Lipinski definition) is 1. The molecule has 1 N–H and O–H groups in total. The Kier molecular flexibility index (Phi) is 9.23. The highest BCUT2D eigenvalue weighted by Gasteiger charge is 2.41. The first-order chi connectivity index (χ1) is 16.9. The van der Waals surface area contributed by atoms with Crippen molar-refractivity contribution >= 4 is 5.97 Å². The molecule has 8 heteroatoms. The summed E-state index contributed by atoms with van der Waals surface area (Å²) in [4.78, 5) is 17.4. The van der Waals surface area contributed by atoms with Crippen LogP contribution in [0.5, 0.6) is 0 Å². The molecule has 0 aliphatic carbocycles. The van der Waals surface area contributed by atoms with Crippen LogP contribution < -0.4 is 17.0 Å². The predicted octanol–water partition coefficient (Wildman–Crippen LogP) is 1.77. The van der Waals surface area contributed by atoms with Crippen LogP contribution in [0.4, 0.5) is 8.78 Å². The van der Waals surface area contributed by atoms with Crippen LogP contribution in [0.1, 0.15) is 30.0 Å². The molecule has 1 atom stereocenters. The number of hydrogen-bond acceptors (Lipinski definition) is 5. The molecule has 1 aliphatic rings. The van der Waals surface area contributed by atoms with Gasteiger partial charge in [-0.25, -0.2) is 13.6 Å². The van der Waals surface area contributed by atoms with E-state index in [4.69, 9.17) is 4.74 Å². The molecule has 0 aromatic heterocycles. The third-order valence-corrected chi connectivity index (χ3v) is 6.23. The molecule has 3 aromatic carbocycles. The van der Waals surface area contributed by atoms with Gasteiger partial charge in [0.1, 0.15) is 11.6 Å². The van der Waals surface area contributed by atoms with Gasteiger partial charge in [0.15, 0.2) is 0 Å². The van der Waals surface area contributed by atoms with Crippen molar-refractivity contribution in [2.45, 2.75) is 31.7 Å². The van der Waals surface area contributed by atoms with E-state index in [1.54, 1.807) is 0 Å². The molecule has 0 saturated heterocycles. The van der Waals surface area contributed by atoms with Crippen molar-refractivity contribution in [3.63, 3.8) is 0 Å². The number of carbonyl (C=O) groups is 1. The number of carbonyl (C=O) groups excluding carboxylic acids is 1. The second-order valence-electron chi connectivity index (χ2n) is 8.54. The summed E-state index contributed by atoms with van der Waals surface area (Å²) in [5.74, 6) is -1.90. The standard InChI is InChI=1S/C28H28F2N2O3.BrH/c1-21-31(17-18-32(21)20-22-6-3-2-4-7-22)16-5-19-35-27(33)28(34,23-8-12-25(29)13-9-23)24-10-14-26(30)15-11-24;/h2-4,6-15,17-18,21,34H,5,16,19-20H2,1H3;1H/p-1. The Bertz CT molecular complexity index is 1110. The molecule has 0 radical (unpaired) electrons. The Hall–Kier alpha value is -3.23. The lowest BCUT2D eigenvalue weighted by Gasteiger charge is -2.30. The van der Waals surface area contributed by atoms with E-state index < -0.39 is 23.2 Å². The van der Waals surface area contributed by atoms with E-state index in [0.29, 0.717) is 13.0 Å². The van der Waals surface area contributed by atoms with E-state index in [2.05, 4.69) is 28.9 Å². The van der Waals surface area contributed by atoms with Gasteiger partial charge in [-0.15, -0.1) is 0 Å². The highest BCUT2D eigenvalue weighted by Crippen LogP contribution is 2.32. The maximum absolute atomic E-state index is 13.4. The lowest BCUT2D eigenvalue weighted by Crippen LogP contribution is -3.00. The number of nitrogens with zero attached hydrogens (tertiary/aromatic N) is 2. The monoisotopic (exact) mass is 557 g/mol. The van der Waals surface area contributed by atoms with Crippen LogP contribution in [0.2, 0.25) is 0 Å². The summed E-state index contributed by atoms with van der Waals surface area (Å²) in [5, 5.41) is 11.4. The summed E-state index contributed by atoms with van der Waals surface area (Å²) in [5.41, 5.74) is -0.679. The second kappa shape index (κ2) is 12.1. The van der Waals surface area contributed by atoms with Gasteiger partial charge in [-0.05, 0) is 54.3 Å². The zero-order valence-corrected chi connectivity index (χ0v) is 21.4. The van der Waals surface area contributed by atoms with Gasteiger partial charge in [-0.1, -0.05) is 54.6 Å². The van der Waals surface area contributed by atoms with Gasteiger partial charge in [0.05, 0.1) is 12.8 Å². The zero-order chi connectivity index (χ0) is 24.8. The summed E-state index contributed by atoms with van der Waals surface area (Å²) in [6.07, 6.45) is 4.76. The van der Waals surface area contributed by atoms with Gasteiger partial charge in [0.2, 0.25) is 5.60 Å². The van der Waals surface area contributed by atoms with E-state index in [1.165, 1.54) is 29.8 Å². The van der Waals surface area contributed by atoms with Crippen LogP contribution >= 0.6 is 0 Å². The molecule has 0 saturated carbocycles. The SMILES string of the molecule is CC1N(CCCOC(=O)C(O)(c2ccc(F)cc2)c2ccc(F)cc2)C=CN1Cc1ccccc1.[Br-]. The topological polar surface area (TPSA) is 53.0 Å². The average Bonchev–Trinajstić information content (AvgIpc) is 3.21. The minimum Gasteiger partial charge on any atom is -1.00 e. The van der Waals surface area contributed by atoms with Gasteiger partial charge in [0, 0.05) is 25.5 Å². The van der Waals surface area contributed by atoms with Crippen molar-refractivity contribution in [1.82, 2.24) is 9.80 Å². The zero-order valence-electron chi connectivity index (χ0n) is 19.9. The molecule has 0 fully saturated rings. The molecule has 1 unspecified atom stereocenters. The molecular weight excluding hydrogens is 530 g/mol. The molecule has 0 spiro atoms. The Balaban J connectivity index is 0.00000361. The number of esters is 1. The third-order valence-electron chi connectivity index (χ3n) is 6.23. The molecule has 1 aliphatic heterocycles. The van der Waals surface area contributed by atoms with Gasteiger partial charge < -0.3 is 36.6 Å². The van der Waals surface area contributed by atoms with Crippen LogP contribution in [-0.4, -0.2) is 40.2 Å². The number of rotatable bonds is 9. The second-order valence-corrected chi connectivity index (χ2v) is 8.54. The normalized spacial score (nSPS) is 15.1. The number of benzene rings is 3. The van der Waals surface area contributed by atoms with E-state index in [0.717, 1.165) is 30.8 Å². The van der Waals surface area contributed by atoms with Crippen molar-refractivity contribution in [2.24, 2.45) is 0 Å². The minimum atomic E-state index is -2.19. The maximum Gasteiger partial charge on any atom is 0.347 e. The number of halogens is 3. The minimum absolute atomic E-state index is 0. The largest absolute Gasteiger partial charge is 1.00 e. The summed E-state index contributed by atoms with van der Waals surface area (Å²) >= 11 is 0. The van der Waals surface area contributed by atoms with Crippen LogP contribution in [0.3, 0.4) is 0 Å². The fraction of sp³-hybridized carbons (Fsp3) is 0.250. The Morgan fingerprint density at radius 1 is 0.889 bits per heavy atom. The van der Waals surface area contributed by atoms with E-state index >= 15 is 0 Å². The molecule has 0 amide bonds. The highest BCUT2D eigenvalue weighted by atomic mass is 79.9. The fourth-order valence-corrected chi connectivity index (χ4v) is 4.15. The summed E-state index contributed by atoms with van der Waals surface area (Å²) in [6, 6.07) is 20.1. The number of ether oxygens (including phenoxy) is 1. The van der Waals surface area contributed by atoms with Crippen molar-refractivity contribution in [3.8, 4) is 0 Å². The van der Waals surface area contributed by atoms with E-state index in [1.807, 2.05) is 30.6 Å². The third kappa shape index (κ3) is 6.12. The summed E-state index contributed by atoms with van der Waals surface area (Å²) in [7, 11) is 0. The van der Waals surface area contributed by atoms with Gasteiger partial charge >= 0.3 is 5.97 Å². The van der Waals surface area contributed by atoms with Crippen LogP contribution in [0, 0.1) is 11.6 Å². The molecule has 1 heterocycles. The van der Waals surface area contributed by atoms with Crippen LogP contribution in [0.15, 0.2) is 91.3 Å².